The predicted octanol–water partition coefficient (Wildman–Crippen LogP) is 5.11. The van der Waals surface area contributed by atoms with Crippen molar-refractivity contribution in [2.24, 2.45) is 0 Å². The molecule has 0 spiro atoms. The Morgan fingerprint density at radius 3 is 2.22 bits per heavy atom. The Balaban J connectivity index is 1.40. The second-order valence-electron chi connectivity index (χ2n) is 8.30. The van der Waals surface area contributed by atoms with Gasteiger partial charge < -0.3 is 9.47 Å². The molecule has 0 aliphatic carbocycles. The van der Waals surface area contributed by atoms with E-state index in [9.17, 15) is 13.2 Å². The quantitative estimate of drug-likeness (QED) is 0.334. The molecule has 1 aliphatic rings. The molecule has 0 unspecified atom stereocenters. The summed E-state index contributed by atoms with van der Waals surface area (Å²) in [6, 6.07) is 17.8. The van der Waals surface area contributed by atoms with E-state index in [2.05, 4.69) is 4.90 Å². The first-order chi connectivity index (χ1) is 17.3. The highest BCUT2D eigenvalue weighted by Gasteiger charge is 2.30. The predicted molar refractivity (Wildman–Crippen MR) is 141 cm³/mol. The number of hydrogen-bond donors (Lipinski definition) is 0. The molecule has 2 aromatic carbocycles. The van der Waals surface area contributed by atoms with Crippen molar-refractivity contribution in [2.75, 3.05) is 39.8 Å². The fraction of sp³-hybridized carbons (Fsp3) is 0.320. The van der Waals surface area contributed by atoms with Crippen molar-refractivity contribution in [3.63, 3.8) is 0 Å². The van der Waals surface area contributed by atoms with E-state index in [1.807, 2.05) is 36.4 Å². The second-order valence-corrected chi connectivity index (χ2v) is 12.6. The van der Waals surface area contributed by atoms with Crippen molar-refractivity contribution in [1.82, 2.24) is 9.21 Å². The maximum absolute atomic E-state index is 12.9. The summed E-state index contributed by atoms with van der Waals surface area (Å²) in [4.78, 5) is 13.9. The minimum Gasteiger partial charge on any atom is -0.465 e. The first-order valence-corrected chi connectivity index (χ1v) is 14.3. The summed E-state index contributed by atoms with van der Waals surface area (Å²) in [7, 11) is -2.20. The first kappa shape index (κ1) is 27.1. The molecule has 11 heteroatoms. The van der Waals surface area contributed by atoms with Crippen LogP contribution in [0.4, 0.5) is 0 Å². The van der Waals surface area contributed by atoms with Crippen LogP contribution in [-0.2, 0) is 26.1 Å². The highest BCUT2D eigenvalue weighted by molar-refractivity contribution is 7.91. The number of ether oxygens (including phenoxy) is 2. The Morgan fingerprint density at radius 2 is 1.64 bits per heavy atom. The van der Waals surface area contributed by atoms with Crippen LogP contribution in [0.1, 0.15) is 27.6 Å². The van der Waals surface area contributed by atoms with Gasteiger partial charge in [0.05, 0.1) is 29.7 Å². The number of carbonyl (C=O) groups excluding carboxylic acids is 1. The average Bonchev–Trinajstić information content (AvgIpc) is 3.34. The summed E-state index contributed by atoms with van der Waals surface area (Å²) in [6.45, 7) is 2.89. The molecule has 36 heavy (non-hydrogen) atoms. The monoisotopic (exact) mass is 568 g/mol. The van der Waals surface area contributed by atoms with E-state index in [4.69, 9.17) is 32.7 Å². The molecule has 0 N–H and O–H groups in total. The van der Waals surface area contributed by atoms with Gasteiger partial charge in [0.1, 0.15) is 4.21 Å². The molecule has 0 bridgehead atoms. The standard InChI is InChI=1S/C25H26Cl2N2O5S2/c1-33-25(30)20-4-2-18(3-5-20)17-34-22(19-6-8-21(26)9-7-19)16-28-12-14-29(15-13-28)36(31,32)24-11-10-23(27)35-24/h2-11,22H,12-17H2,1H3/t22-/m1/s1. The normalized spacial score (nSPS) is 16.1. The Bertz CT molecular complexity index is 1270. The van der Waals surface area contributed by atoms with E-state index >= 15 is 0 Å². The van der Waals surface area contributed by atoms with E-state index in [1.54, 1.807) is 24.3 Å². The van der Waals surface area contributed by atoms with Crippen LogP contribution in [0.2, 0.25) is 9.36 Å². The Morgan fingerprint density at radius 1 is 0.972 bits per heavy atom. The smallest absolute Gasteiger partial charge is 0.337 e. The number of thiophene rings is 1. The Kier molecular flexibility index (Phi) is 9.05. The summed E-state index contributed by atoms with van der Waals surface area (Å²) in [5, 5.41) is 0.642. The summed E-state index contributed by atoms with van der Waals surface area (Å²) >= 11 is 13.1. The molecule has 4 rings (SSSR count). The van der Waals surface area contributed by atoms with Crippen molar-refractivity contribution in [3.8, 4) is 0 Å². The molecule has 7 nitrogen and oxygen atoms in total. The number of benzene rings is 2. The van der Waals surface area contributed by atoms with Gasteiger partial charge in [0.15, 0.2) is 0 Å². The van der Waals surface area contributed by atoms with Gasteiger partial charge in [0.25, 0.3) is 10.0 Å². The molecule has 0 saturated carbocycles. The maximum atomic E-state index is 12.9. The zero-order valence-electron chi connectivity index (χ0n) is 19.6. The number of halogens is 2. The molecule has 2 heterocycles. The Labute approximate surface area is 225 Å². The molecular weight excluding hydrogens is 543 g/mol. The number of nitrogens with zero attached hydrogens (tertiary/aromatic N) is 2. The fourth-order valence-corrected chi connectivity index (χ4v) is 7.12. The number of sulfonamides is 1. The molecule has 1 aliphatic heterocycles. The van der Waals surface area contributed by atoms with Crippen molar-refractivity contribution >= 4 is 50.5 Å². The summed E-state index contributed by atoms with van der Waals surface area (Å²) in [5.74, 6) is -0.384. The second kappa shape index (κ2) is 12.0. The highest BCUT2D eigenvalue weighted by Crippen LogP contribution is 2.29. The van der Waals surface area contributed by atoms with E-state index in [1.165, 1.54) is 11.4 Å². The van der Waals surface area contributed by atoms with Crippen molar-refractivity contribution < 1.29 is 22.7 Å². The van der Waals surface area contributed by atoms with Gasteiger partial charge in [0.2, 0.25) is 0 Å². The van der Waals surface area contributed by atoms with Gasteiger partial charge in [-0.3, -0.25) is 4.90 Å². The lowest BCUT2D eigenvalue weighted by molar-refractivity contribution is 0.00772. The van der Waals surface area contributed by atoms with Gasteiger partial charge in [0, 0.05) is 37.7 Å². The number of rotatable bonds is 9. The molecule has 0 radical (unpaired) electrons. The van der Waals surface area contributed by atoms with Crippen molar-refractivity contribution in [3.05, 3.63) is 86.7 Å². The molecule has 192 valence electrons. The minimum atomic E-state index is -3.55. The van der Waals surface area contributed by atoms with Crippen LogP contribution in [0.25, 0.3) is 0 Å². The third-order valence-electron chi connectivity index (χ3n) is 5.97. The van der Waals surface area contributed by atoms with Crippen LogP contribution >= 0.6 is 34.5 Å². The zero-order chi connectivity index (χ0) is 25.7. The van der Waals surface area contributed by atoms with Gasteiger partial charge in [-0.25, -0.2) is 13.2 Å². The molecular formula is C25H26Cl2N2O5S2. The van der Waals surface area contributed by atoms with Gasteiger partial charge in [-0.2, -0.15) is 4.31 Å². The van der Waals surface area contributed by atoms with Crippen molar-refractivity contribution in [1.29, 1.82) is 0 Å². The fourth-order valence-electron chi connectivity index (χ4n) is 3.93. The third-order valence-corrected chi connectivity index (χ3v) is 9.82. The molecule has 1 saturated heterocycles. The largest absolute Gasteiger partial charge is 0.465 e. The summed E-state index contributed by atoms with van der Waals surface area (Å²) in [5.41, 5.74) is 2.38. The molecule has 0 amide bonds. The van der Waals surface area contributed by atoms with E-state index in [-0.39, 0.29) is 16.3 Å². The van der Waals surface area contributed by atoms with Gasteiger partial charge >= 0.3 is 5.97 Å². The molecule has 1 fully saturated rings. The Hall–Kier alpha value is -1.98. The van der Waals surface area contributed by atoms with Crippen LogP contribution in [-0.4, -0.2) is 63.4 Å². The number of carbonyl (C=O) groups is 1. The van der Waals surface area contributed by atoms with Crippen LogP contribution in [0.15, 0.2) is 64.9 Å². The van der Waals surface area contributed by atoms with E-state index in [0.29, 0.717) is 54.3 Å². The zero-order valence-corrected chi connectivity index (χ0v) is 22.7. The van der Waals surface area contributed by atoms with Crippen LogP contribution in [0.3, 0.4) is 0 Å². The lowest BCUT2D eigenvalue weighted by Crippen LogP contribution is -2.49. The first-order valence-electron chi connectivity index (χ1n) is 11.3. The third kappa shape index (κ3) is 6.66. The lowest BCUT2D eigenvalue weighted by atomic mass is 10.1. The maximum Gasteiger partial charge on any atom is 0.337 e. The number of hydrogen-bond acceptors (Lipinski definition) is 7. The van der Waals surface area contributed by atoms with Gasteiger partial charge in [-0.15, -0.1) is 11.3 Å². The lowest BCUT2D eigenvalue weighted by Gasteiger charge is -2.35. The van der Waals surface area contributed by atoms with Gasteiger partial charge in [-0.05, 0) is 47.5 Å². The van der Waals surface area contributed by atoms with E-state index < -0.39 is 10.0 Å². The number of piperazine rings is 1. The molecule has 3 aromatic rings. The van der Waals surface area contributed by atoms with Crippen molar-refractivity contribution in [2.45, 2.75) is 16.9 Å². The number of esters is 1. The molecule has 1 atom stereocenters. The minimum absolute atomic E-state index is 0.248. The SMILES string of the molecule is COC(=O)c1ccc(CO[C@H](CN2CCN(S(=O)(=O)c3ccc(Cl)s3)CC2)c2ccc(Cl)cc2)cc1. The topological polar surface area (TPSA) is 76.2 Å². The summed E-state index contributed by atoms with van der Waals surface area (Å²) < 4.78 is 39.1. The van der Waals surface area contributed by atoms with Crippen LogP contribution < -0.4 is 0 Å². The highest BCUT2D eigenvalue weighted by atomic mass is 35.5. The number of methoxy groups -OCH3 is 1. The molecule has 1 aromatic heterocycles. The van der Waals surface area contributed by atoms with E-state index in [0.717, 1.165) is 22.5 Å². The summed E-state index contributed by atoms with van der Waals surface area (Å²) in [6.07, 6.45) is -0.248. The van der Waals surface area contributed by atoms with Crippen LogP contribution in [0.5, 0.6) is 0 Å². The van der Waals surface area contributed by atoms with Crippen LogP contribution in [0, 0.1) is 0 Å². The van der Waals surface area contributed by atoms with Gasteiger partial charge in [-0.1, -0.05) is 47.5 Å². The average molecular weight is 570 g/mol.